The first-order chi connectivity index (χ1) is 26.4. The van der Waals surface area contributed by atoms with Crippen molar-refractivity contribution in [1.29, 1.82) is 0 Å². The van der Waals surface area contributed by atoms with Gasteiger partial charge in [-0.2, -0.15) is 0 Å². The van der Waals surface area contributed by atoms with Crippen LogP contribution in [0.25, 0.3) is 90.9 Å². The molecule has 8 nitrogen and oxygen atoms in total. The van der Waals surface area contributed by atoms with Gasteiger partial charge in [0.1, 0.15) is 0 Å². The molecule has 7 aromatic rings. The number of H-pyrrole nitrogens is 2. The van der Waals surface area contributed by atoms with Gasteiger partial charge in [0.15, 0.2) is 0 Å². The maximum absolute atomic E-state index is 11.8. The van der Waals surface area contributed by atoms with Crippen molar-refractivity contribution in [2.24, 2.45) is 0 Å². The lowest BCUT2D eigenvalue weighted by Crippen LogP contribution is -2.29. The first-order valence-electron chi connectivity index (χ1n) is 17.5. The van der Waals surface area contributed by atoms with E-state index in [2.05, 4.69) is 34.2 Å². The molecule has 0 aliphatic carbocycles. The molecule has 0 amide bonds. The molecule has 3 aromatic heterocycles. The van der Waals surface area contributed by atoms with Crippen LogP contribution >= 0.6 is 0 Å². The highest BCUT2D eigenvalue weighted by molar-refractivity contribution is 6.58. The number of aromatic nitrogens is 4. The summed E-state index contributed by atoms with van der Waals surface area (Å²) >= 11 is 0. The maximum Gasteiger partial charge on any atom is 0.488 e. The second-order valence-corrected chi connectivity index (χ2v) is 13.1. The molecular weight excluding hydrogens is 671 g/mol. The summed E-state index contributed by atoms with van der Waals surface area (Å²) in [6.45, 7) is 0. The molecule has 9 heteroatoms. The number of aromatic amines is 2. The lowest BCUT2D eigenvalue weighted by molar-refractivity contribution is 0.0697. The van der Waals surface area contributed by atoms with E-state index in [0.717, 1.165) is 89.4 Å². The van der Waals surface area contributed by atoms with Crippen LogP contribution in [0.3, 0.4) is 0 Å². The summed E-state index contributed by atoms with van der Waals surface area (Å²) in [5.74, 6) is -0.988. The summed E-state index contributed by atoms with van der Waals surface area (Å²) < 4.78 is 0. The third kappa shape index (κ3) is 5.93. The Balaban J connectivity index is 1.44. The second kappa shape index (κ2) is 13.5. The van der Waals surface area contributed by atoms with Crippen molar-refractivity contribution in [3.63, 3.8) is 0 Å². The minimum atomic E-state index is -1.58. The maximum atomic E-state index is 11.8. The van der Waals surface area contributed by atoms with Gasteiger partial charge < -0.3 is 25.1 Å². The number of carboxylic acid groups (broad SMARTS) is 1. The average Bonchev–Trinajstić information content (AvgIpc) is 4.04. The largest absolute Gasteiger partial charge is 0.488 e. The fourth-order valence-electron chi connectivity index (χ4n) is 7.23. The van der Waals surface area contributed by atoms with E-state index >= 15 is 0 Å². The summed E-state index contributed by atoms with van der Waals surface area (Å²) in [5.41, 5.74) is 14.0. The van der Waals surface area contributed by atoms with Gasteiger partial charge in [0.25, 0.3) is 0 Å². The highest BCUT2D eigenvalue weighted by atomic mass is 16.4. The Morgan fingerprint density at radius 2 is 0.778 bits per heavy atom. The number of hydrogen-bond acceptors (Lipinski definition) is 5. The van der Waals surface area contributed by atoms with E-state index in [0.29, 0.717) is 5.46 Å². The Bertz CT molecular complexity index is 2770. The summed E-state index contributed by atoms with van der Waals surface area (Å²) in [6, 6.07) is 42.4. The van der Waals surface area contributed by atoms with E-state index in [1.807, 2.05) is 109 Å². The summed E-state index contributed by atoms with van der Waals surface area (Å²) in [4.78, 5) is 29.7. The molecule has 0 fully saturated rings. The predicted octanol–water partition coefficient (Wildman–Crippen LogP) is 8.70. The molecule has 4 aromatic carbocycles. The molecule has 0 atom stereocenters. The number of aromatic carboxylic acids is 1. The van der Waals surface area contributed by atoms with Crippen LogP contribution in [0.15, 0.2) is 133 Å². The highest BCUT2D eigenvalue weighted by Crippen LogP contribution is 2.38. The Hall–Kier alpha value is -7.07. The van der Waals surface area contributed by atoms with E-state index in [-0.39, 0.29) is 5.56 Å². The zero-order valence-electron chi connectivity index (χ0n) is 28.7. The van der Waals surface area contributed by atoms with Crippen molar-refractivity contribution in [1.82, 2.24) is 19.9 Å². The van der Waals surface area contributed by atoms with Gasteiger partial charge in [-0.3, -0.25) is 0 Å². The Labute approximate surface area is 310 Å². The third-order valence-corrected chi connectivity index (χ3v) is 9.80. The van der Waals surface area contributed by atoms with Crippen molar-refractivity contribution in [3.05, 3.63) is 162 Å². The molecule has 5 heterocycles. The topological polar surface area (TPSA) is 135 Å². The van der Waals surface area contributed by atoms with Crippen LogP contribution in [0.5, 0.6) is 0 Å². The van der Waals surface area contributed by atoms with Gasteiger partial charge in [-0.1, -0.05) is 97.1 Å². The highest BCUT2D eigenvalue weighted by Gasteiger charge is 2.19. The standard InChI is InChI=1S/C45H31BN4O4/c51-45(52)31-13-11-29(12-14-31)43-37-23-19-33(47-37)41(27-7-3-1-4-8-27)35-21-25-39(49-35)44(30-15-17-32(18-16-30)46(53)54)40-26-22-36(50-40)42(28-9-5-2-6-10-28)34-20-24-38(43)48-34/h1-26,47,50,53-54H,(H,51,52). The number of hydrogen-bond donors (Lipinski definition) is 5. The fourth-order valence-corrected chi connectivity index (χ4v) is 7.23. The molecule has 0 spiro atoms. The molecule has 9 rings (SSSR count). The number of fused-ring (bicyclic) bond motifs is 8. The monoisotopic (exact) mass is 702 g/mol. The van der Waals surface area contributed by atoms with Gasteiger partial charge in [-0.15, -0.1) is 0 Å². The van der Waals surface area contributed by atoms with Gasteiger partial charge in [-0.05, 0) is 88.4 Å². The van der Waals surface area contributed by atoms with Crippen molar-refractivity contribution >= 4 is 64.9 Å². The van der Waals surface area contributed by atoms with Crippen molar-refractivity contribution in [2.75, 3.05) is 0 Å². The Morgan fingerprint density at radius 3 is 1.11 bits per heavy atom. The van der Waals surface area contributed by atoms with Crippen LogP contribution < -0.4 is 5.46 Å². The molecule has 0 radical (unpaired) electrons. The van der Waals surface area contributed by atoms with Crippen molar-refractivity contribution in [3.8, 4) is 44.5 Å². The van der Waals surface area contributed by atoms with Crippen LogP contribution in [-0.2, 0) is 0 Å². The summed E-state index contributed by atoms with van der Waals surface area (Å²) in [5, 5.41) is 29.3. The zero-order chi connectivity index (χ0) is 36.8. The number of nitrogens with one attached hydrogen (secondary N) is 2. The Kier molecular flexibility index (Phi) is 8.19. The van der Waals surface area contributed by atoms with E-state index in [4.69, 9.17) is 9.97 Å². The van der Waals surface area contributed by atoms with E-state index in [1.165, 1.54) is 0 Å². The molecule has 258 valence electrons. The number of rotatable bonds is 6. The van der Waals surface area contributed by atoms with Crippen LogP contribution in [0.2, 0.25) is 0 Å². The molecule has 2 aliphatic heterocycles. The normalized spacial score (nSPS) is 11.9. The predicted molar refractivity (Wildman–Crippen MR) is 217 cm³/mol. The first kappa shape index (κ1) is 32.8. The number of nitrogens with zero attached hydrogens (tertiary/aromatic N) is 2. The van der Waals surface area contributed by atoms with Crippen LogP contribution in [0.4, 0.5) is 0 Å². The van der Waals surface area contributed by atoms with E-state index < -0.39 is 13.1 Å². The lowest BCUT2D eigenvalue weighted by atomic mass is 9.80. The first-order valence-corrected chi connectivity index (χ1v) is 17.5. The van der Waals surface area contributed by atoms with Crippen LogP contribution in [0, 0.1) is 0 Å². The Morgan fingerprint density at radius 1 is 0.444 bits per heavy atom. The summed E-state index contributed by atoms with van der Waals surface area (Å²) in [7, 11) is -1.58. The van der Waals surface area contributed by atoms with E-state index in [1.54, 1.807) is 24.3 Å². The lowest BCUT2D eigenvalue weighted by Gasteiger charge is -2.07. The molecule has 0 unspecified atom stereocenters. The third-order valence-electron chi connectivity index (χ3n) is 9.80. The average molecular weight is 703 g/mol. The van der Waals surface area contributed by atoms with Crippen LogP contribution in [0.1, 0.15) is 33.1 Å². The molecule has 0 saturated carbocycles. The minimum absolute atomic E-state index is 0.203. The van der Waals surface area contributed by atoms with Crippen molar-refractivity contribution < 1.29 is 19.9 Å². The van der Waals surface area contributed by atoms with Gasteiger partial charge in [0, 0.05) is 44.3 Å². The van der Waals surface area contributed by atoms with Crippen molar-refractivity contribution in [2.45, 2.75) is 0 Å². The second-order valence-electron chi connectivity index (χ2n) is 13.1. The molecular formula is C45H31BN4O4. The number of carbonyl (C=O) groups is 1. The quantitative estimate of drug-likeness (QED) is 0.110. The zero-order valence-corrected chi connectivity index (χ0v) is 28.7. The van der Waals surface area contributed by atoms with E-state index in [9.17, 15) is 19.9 Å². The molecule has 0 saturated heterocycles. The number of benzene rings is 4. The molecule has 5 N–H and O–H groups in total. The minimum Gasteiger partial charge on any atom is -0.478 e. The molecule has 2 aliphatic rings. The van der Waals surface area contributed by atoms with Crippen LogP contribution in [-0.4, -0.2) is 48.2 Å². The van der Waals surface area contributed by atoms with Gasteiger partial charge >= 0.3 is 13.1 Å². The fraction of sp³-hybridized carbons (Fsp3) is 0. The number of carboxylic acids is 1. The van der Waals surface area contributed by atoms with Gasteiger partial charge in [-0.25, -0.2) is 14.8 Å². The molecule has 8 bridgehead atoms. The SMILES string of the molecule is O=C(O)c1ccc(-c2c3nc(c(-c4ccccc4)c4ccc([nH]4)c(-c4ccc(B(O)O)cc4)c4nc(c(-c5ccccc5)c5ccc2[nH]5)C=C4)C=C3)cc1. The van der Waals surface area contributed by atoms with Gasteiger partial charge in [0.2, 0.25) is 0 Å². The molecule has 54 heavy (non-hydrogen) atoms. The van der Waals surface area contributed by atoms with Gasteiger partial charge in [0.05, 0.1) is 28.3 Å². The summed E-state index contributed by atoms with van der Waals surface area (Å²) in [6.07, 6.45) is 8.05. The smallest absolute Gasteiger partial charge is 0.478 e.